The molecule has 0 amide bonds. The van der Waals surface area contributed by atoms with Crippen molar-refractivity contribution in [1.82, 2.24) is 0 Å². The Balaban J connectivity index is 3.15. The lowest BCUT2D eigenvalue weighted by Gasteiger charge is -2.08. The standard InChI is InChI=1S/C8H5ClF2N2O/c9-5-1-4(3-12)2-6(7(5)13)14-8(10)11/h1-2,8H,13H2. The van der Waals surface area contributed by atoms with Crippen LogP contribution in [0.15, 0.2) is 12.1 Å². The number of anilines is 1. The van der Waals surface area contributed by atoms with Gasteiger partial charge in [-0.25, -0.2) is 0 Å². The molecular formula is C8H5ClF2N2O. The highest BCUT2D eigenvalue weighted by atomic mass is 35.5. The number of hydrogen-bond donors (Lipinski definition) is 1. The van der Waals surface area contributed by atoms with Gasteiger partial charge in [-0.3, -0.25) is 0 Å². The van der Waals surface area contributed by atoms with Crippen LogP contribution in [0.4, 0.5) is 14.5 Å². The van der Waals surface area contributed by atoms with Crippen LogP contribution >= 0.6 is 11.6 Å². The number of nitrogens with zero attached hydrogens (tertiary/aromatic N) is 1. The molecule has 1 aromatic rings. The van der Waals surface area contributed by atoms with Crippen molar-refractivity contribution in [1.29, 1.82) is 5.26 Å². The van der Waals surface area contributed by atoms with E-state index in [1.54, 1.807) is 6.07 Å². The number of ether oxygens (including phenoxy) is 1. The Morgan fingerprint density at radius 3 is 2.64 bits per heavy atom. The van der Waals surface area contributed by atoms with Gasteiger partial charge in [0.05, 0.1) is 22.3 Å². The third kappa shape index (κ3) is 2.24. The van der Waals surface area contributed by atoms with Crippen LogP contribution in [0.2, 0.25) is 5.02 Å². The van der Waals surface area contributed by atoms with Crippen molar-refractivity contribution in [2.24, 2.45) is 0 Å². The summed E-state index contributed by atoms with van der Waals surface area (Å²) in [6.45, 7) is -3.00. The summed E-state index contributed by atoms with van der Waals surface area (Å²) in [5, 5.41) is 8.53. The summed E-state index contributed by atoms with van der Waals surface area (Å²) in [7, 11) is 0. The molecular weight excluding hydrogens is 214 g/mol. The Kier molecular flexibility index (Phi) is 3.10. The number of benzene rings is 1. The number of rotatable bonds is 2. The number of hydrogen-bond acceptors (Lipinski definition) is 3. The SMILES string of the molecule is N#Cc1cc(Cl)c(N)c(OC(F)F)c1. The van der Waals surface area contributed by atoms with Gasteiger partial charge in [0.1, 0.15) is 0 Å². The van der Waals surface area contributed by atoms with Crippen molar-refractivity contribution < 1.29 is 13.5 Å². The van der Waals surface area contributed by atoms with E-state index in [-0.39, 0.29) is 22.0 Å². The van der Waals surface area contributed by atoms with E-state index in [1.165, 1.54) is 6.07 Å². The molecule has 0 aromatic heterocycles. The molecule has 0 spiro atoms. The fourth-order valence-electron chi connectivity index (χ4n) is 0.851. The van der Waals surface area contributed by atoms with E-state index in [0.29, 0.717) is 0 Å². The molecule has 1 rings (SSSR count). The van der Waals surface area contributed by atoms with Gasteiger partial charge in [-0.15, -0.1) is 0 Å². The third-order valence-corrected chi connectivity index (χ3v) is 1.75. The molecule has 0 radical (unpaired) electrons. The van der Waals surface area contributed by atoms with E-state index in [4.69, 9.17) is 22.6 Å². The number of nitrogen functional groups attached to an aromatic ring is 1. The van der Waals surface area contributed by atoms with Crippen molar-refractivity contribution >= 4 is 17.3 Å². The van der Waals surface area contributed by atoms with Gasteiger partial charge in [0.2, 0.25) is 0 Å². The van der Waals surface area contributed by atoms with Crippen LogP contribution in [0, 0.1) is 11.3 Å². The second-order valence-corrected chi connectivity index (χ2v) is 2.77. The first-order chi connectivity index (χ1) is 6.54. The first-order valence-electron chi connectivity index (χ1n) is 3.48. The summed E-state index contributed by atoms with van der Waals surface area (Å²) in [5.41, 5.74) is 5.36. The summed E-state index contributed by atoms with van der Waals surface area (Å²) in [5.74, 6) is -0.288. The van der Waals surface area contributed by atoms with Crippen LogP contribution in [0.3, 0.4) is 0 Å². The highest BCUT2D eigenvalue weighted by molar-refractivity contribution is 6.33. The van der Waals surface area contributed by atoms with E-state index in [9.17, 15) is 8.78 Å². The van der Waals surface area contributed by atoms with E-state index in [0.717, 1.165) is 6.07 Å². The first kappa shape index (κ1) is 10.5. The Labute approximate surface area is 83.6 Å². The van der Waals surface area contributed by atoms with Crippen molar-refractivity contribution in [2.45, 2.75) is 6.61 Å². The van der Waals surface area contributed by atoms with Gasteiger partial charge in [-0.05, 0) is 6.07 Å². The minimum atomic E-state index is -3.00. The maximum Gasteiger partial charge on any atom is 0.387 e. The van der Waals surface area contributed by atoms with E-state index in [2.05, 4.69) is 4.74 Å². The lowest BCUT2D eigenvalue weighted by Crippen LogP contribution is -2.05. The largest absolute Gasteiger partial charge is 0.433 e. The number of nitriles is 1. The molecule has 0 aliphatic carbocycles. The maximum atomic E-state index is 11.9. The molecule has 6 heteroatoms. The van der Waals surface area contributed by atoms with Crippen LogP contribution in [-0.4, -0.2) is 6.61 Å². The topological polar surface area (TPSA) is 59.0 Å². The zero-order chi connectivity index (χ0) is 10.7. The molecule has 0 heterocycles. The highest BCUT2D eigenvalue weighted by Gasteiger charge is 2.12. The molecule has 0 fully saturated rings. The maximum absolute atomic E-state index is 11.9. The molecule has 0 saturated heterocycles. The van der Waals surface area contributed by atoms with Crippen molar-refractivity contribution in [3.63, 3.8) is 0 Å². The minimum Gasteiger partial charge on any atom is -0.433 e. The average molecular weight is 219 g/mol. The zero-order valence-electron chi connectivity index (χ0n) is 6.80. The van der Waals surface area contributed by atoms with Crippen molar-refractivity contribution in [3.05, 3.63) is 22.7 Å². The van der Waals surface area contributed by atoms with Gasteiger partial charge < -0.3 is 10.5 Å². The summed E-state index contributed by atoms with van der Waals surface area (Å²) >= 11 is 5.58. The number of halogens is 3. The fraction of sp³-hybridized carbons (Fsp3) is 0.125. The second kappa shape index (κ2) is 4.11. The average Bonchev–Trinajstić information content (AvgIpc) is 2.11. The molecule has 0 saturated carbocycles. The number of alkyl halides is 2. The predicted octanol–water partition coefficient (Wildman–Crippen LogP) is 2.40. The van der Waals surface area contributed by atoms with Gasteiger partial charge in [0.25, 0.3) is 0 Å². The Morgan fingerprint density at radius 2 is 2.14 bits per heavy atom. The van der Waals surface area contributed by atoms with Crippen LogP contribution < -0.4 is 10.5 Å². The molecule has 0 aliphatic rings. The van der Waals surface area contributed by atoms with E-state index in [1.807, 2.05) is 0 Å². The van der Waals surface area contributed by atoms with Crippen LogP contribution in [0.5, 0.6) is 5.75 Å². The molecule has 74 valence electrons. The summed E-state index contributed by atoms with van der Waals surface area (Å²) in [6, 6.07) is 4.12. The number of nitrogens with two attached hydrogens (primary N) is 1. The Hall–Kier alpha value is -1.54. The third-order valence-electron chi connectivity index (χ3n) is 1.44. The van der Waals surface area contributed by atoms with E-state index < -0.39 is 6.61 Å². The van der Waals surface area contributed by atoms with Crippen LogP contribution in [0.25, 0.3) is 0 Å². The predicted molar refractivity (Wildman–Crippen MR) is 47.2 cm³/mol. The normalized spacial score (nSPS) is 9.93. The van der Waals surface area contributed by atoms with Crippen LogP contribution in [0.1, 0.15) is 5.56 Å². The monoisotopic (exact) mass is 218 g/mol. The van der Waals surface area contributed by atoms with Gasteiger partial charge in [-0.1, -0.05) is 11.6 Å². The molecule has 3 nitrogen and oxygen atoms in total. The smallest absolute Gasteiger partial charge is 0.387 e. The lowest BCUT2D eigenvalue weighted by molar-refractivity contribution is -0.0493. The van der Waals surface area contributed by atoms with Crippen molar-refractivity contribution in [2.75, 3.05) is 5.73 Å². The fourth-order valence-corrected chi connectivity index (χ4v) is 1.06. The molecule has 2 N–H and O–H groups in total. The van der Waals surface area contributed by atoms with Gasteiger partial charge in [-0.2, -0.15) is 14.0 Å². The van der Waals surface area contributed by atoms with E-state index >= 15 is 0 Å². The van der Waals surface area contributed by atoms with Gasteiger partial charge >= 0.3 is 6.61 Å². The summed E-state index contributed by atoms with van der Waals surface area (Å²) in [6.07, 6.45) is 0. The first-order valence-corrected chi connectivity index (χ1v) is 3.86. The Bertz CT molecular complexity index is 390. The minimum absolute atomic E-state index is 0.0136. The molecule has 0 atom stereocenters. The lowest BCUT2D eigenvalue weighted by atomic mass is 10.2. The van der Waals surface area contributed by atoms with Crippen LogP contribution in [-0.2, 0) is 0 Å². The molecule has 14 heavy (non-hydrogen) atoms. The molecule has 1 aromatic carbocycles. The zero-order valence-corrected chi connectivity index (χ0v) is 7.55. The molecule has 0 unspecified atom stereocenters. The van der Waals surface area contributed by atoms with Crippen molar-refractivity contribution in [3.8, 4) is 11.8 Å². The highest BCUT2D eigenvalue weighted by Crippen LogP contribution is 2.31. The summed E-state index contributed by atoms with van der Waals surface area (Å²) in [4.78, 5) is 0. The van der Waals surface area contributed by atoms with Gasteiger partial charge in [0, 0.05) is 6.07 Å². The Morgan fingerprint density at radius 1 is 1.50 bits per heavy atom. The van der Waals surface area contributed by atoms with Gasteiger partial charge in [0.15, 0.2) is 5.75 Å². The quantitative estimate of drug-likeness (QED) is 0.776. The summed E-state index contributed by atoms with van der Waals surface area (Å²) < 4.78 is 27.8. The second-order valence-electron chi connectivity index (χ2n) is 2.36. The molecule has 0 bridgehead atoms. The molecule has 0 aliphatic heterocycles.